The zero-order valence-electron chi connectivity index (χ0n) is 17.0. The van der Waals surface area contributed by atoms with Gasteiger partial charge in [0.25, 0.3) is 0 Å². The Morgan fingerprint density at radius 3 is 2.29 bits per heavy atom. The summed E-state index contributed by atoms with van der Waals surface area (Å²) in [4.78, 5) is 11.1. The van der Waals surface area contributed by atoms with Crippen molar-refractivity contribution in [1.29, 1.82) is 0 Å². The summed E-state index contributed by atoms with van der Waals surface area (Å²) in [5, 5.41) is 7.19. The molecular weight excluding hydrogens is 503 g/mol. The zero-order valence-corrected chi connectivity index (χ0v) is 20.1. The number of ether oxygens (including phenoxy) is 2. The molecule has 0 heterocycles. The molecule has 0 bridgehead atoms. The summed E-state index contributed by atoms with van der Waals surface area (Å²) < 4.78 is 12.3. The maximum Gasteiger partial charge on any atom is 0.221 e. The van der Waals surface area contributed by atoms with Crippen molar-refractivity contribution in [2.75, 3.05) is 17.7 Å². The predicted molar refractivity (Wildman–Crippen MR) is 130 cm³/mol. The highest BCUT2D eigenvalue weighted by Crippen LogP contribution is 2.38. The van der Waals surface area contributed by atoms with E-state index in [0.29, 0.717) is 33.7 Å². The maximum atomic E-state index is 11.1. The van der Waals surface area contributed by atoms with Crippen LogP contribution in [-0.2, 0) is 17.9 Å². The minimum absolute atomic E-state index is 0.100. The van der Waals surface area contributed by atoms with Crippen molar-refractivity contribution in [3.63, 3.8) is 0 Å². The molecule has 0 aromatic heterocycles. The number of methoxy groups -OCH3 is 1. The van der Waals surface area contributed by atoms with Gasteiger partial charge < -0.3 is 20.1 Å². The lowest BCUT2D eigenvalue weighted by Gasteiger charge is -2.16. The van der Waals surface area contributed by atoms with Crippen LogP contribution < -0.4 is 20.1 Å². The molecule has 0 fully saturated rings. The molecule has 2 N–H and O–H groups in total. The van der Waals surface area contributed by atoms with Gasteiger partial charge in [-0.25, -0.2) is 0 Å². The van der Waals surface area contributed by atoms with E-state index in [1.165, 1.54) is 6.92 Å². The van der Waals surface area contributed by atoms with Crippen molar-refractivity contribution >= 4 is 56.4 Å². The molecule has 0 atom stereocenters. The number of anilines is 2. The standard InChI is InChI=1S/C23H21BrCl2N2O3/c1-14(29)28-17-8-6-16(7-9-17)27-12-15-10-19(24)23(22(11-15)30-2)31-13-18-20(25)4-3-5-21(18)26/h3-11,27H,12-13H2,1-2H3,(H,28,29). The van der Waals surface area contributed by atoms with Gasteiger partial charge >= 0.3 is 0 Å². The normalized spacial score (nSPS) is 10.5. The summed E-state index contributed by atoms with van der Waals surface area (Å²) in [6, 6.07) is 16.7. The number of amides is 1. The van der Waals surface area contributed by atoms with Gasteiger partial charge in [-0.1, -0.05) is 29.3 Å². The van der Waals surface area contributed by atoms with Gasteiger partial charge in [-0.3, -0.25) is 4.79 Å². The lowest BCUT2D eigenvalue weighted by molar-refractivity contribution is -0.114. The fourth-order valence-electron chi connectivity index (χ4n) is 2.91. The third-order valence-corrected chi connectivity index (χ3v) is 5.71. The summed E-state index contributed by atoms with van der Waals surface area (Å²) in [5.74, 6) is 1.06. The third-order valence-electron chi connectivity index (χ3n) is 4.41. The van der Waals surface area contributed by atoms with Gasteiger partial charge in [-0.2, -0.15) is 0 Å². The first-order valence-electron chi connectivity index (χ1n) is 9.41. The Labute approximate surface area is 199 Å². The van der Waals surface area contributed by atoms with Crippen molar-refractivity contribution in [3.05, 3.63) is 80.2 Å². The summed E-state index contributed by atoms with van der Waals surface area (Å²) in [7, 11) is 1.59. The molecule has 0 spiro atoms. The second-order valence-electron chi connectivity index (χ2n) is 6.71. The van der Waals surface area contributed by atoms with E-state index in [4.69, 9.17) is 32.7 Å². The summed E-state index contributed by atoms with van der Waals surface area (Å²) in [6.07, 6.45) is 0. The quantitative estimate of drug-likeness (QED) is 0.336. The Morgan fingerprint density at radius 1 is 1.03 bits per heavy atom. The highest BCUT2D eigenvalue weighted by molar-refractivity contribution is 9.10. The van der Waals surface area contributed by atoms with Gasteiger partial charge in [0, 0.05) is 40.5 Å². The molecule has 31 heavy (non-hydrogen) atoms. The Kier molecular flexibility index (Phi) is 8.07. The van der Waals surface area contributed by atoms with Crippen LogP contribution in [0.3, 0.4) is 0 Å². The van der Waals surface area contributed by atoms with Crippen LogP contribution >= 0.6 is 39.1 Å². The van der Waals surface area contributed by atoms with E-state index in [1.807, 2.05) is 36.4 Å². The first kappa shape index (κ1) is 23.3. The lowest BCUT2D eigenvalue weighted by Crippen LogP contribution is -2.06. The van der Waals surface area contributed by atoms with E-state index in [0.717, 1.165) is 21.4 Å². The SMILES string of the molecule is COc1cc(CNc2ccc(NC(C)=O)cc2)cc(Br)c1OCc1c(Cl)cccc1Cl. The molecule has 3 rings (SSSR count). The van der Waals surface area contributed by atoms with Gasteiger partial charge in [0.1, 0.15) is 6.61 Å². The van der Waals surface area contributed by atoms with Gasteiger partial charge in [0.05, 0.1) is 11.6 Å². The van der Waals surface area contributed by atoms with Gasteiger partial charge in [-0.05, 0) is 70.0 Å². The number of benzene rings is 3. The molecule has 5 nitrogen and oxygen atoms in total. The maximum absolute atomic E-state index is 11.1. The number of hydrogen-bond acceptors (Lipinski definition) is 4. The smallest absolute Gasteiger partial charge is 0.221 e. The van der Waals surface area contributed by atoms with Crippen LogP contribution in [0, 0.1) is 0 Å². The van der Waals surface area contributed by atoms with Crippen LogP contribution in [0.25, 0.3) is 0 Å². The predicted octanol–water partition coefficient (Wildman–Crippen LogP) is 6.91. The molecule has 0 aliphatic rings. The third kappa shape index (κ3) is 6.29. The molecule has 0 aliphatic heterocycles. The molecule has 3 aromatic rings. The van der Waals surface area contributed by atoms with Crippen molar-refractivity contribution in [2.24, 2.45) is 0 Å². The van der Waals surface area contributed by atoms with Crippen molar-refractivity contribution in [1.82, 2.24) is 0 Å². The highest BCUT2D eigenvalue weighted by Gasteiger charge is 2.14. The van der Waals surface area contributed by atoms with Crippen molar-refractivity contribution in [3.8, 4) is 11.5 Å². The van der Waals surface area contributed by atoms with Crippen LogP contribution in [-0.4, -0.2) is 13.0 Å². The van der Waals surface area contributed by atoms with Crippen LogP contribution in [0.15, 0.2) is 59.1 Å². The highest BCUT2D eigenvalue weighted by atomic mass is 79.9. The number of rotatable bonds is 8. The van der Waals surface area contributed by atoms with Crippen LogP contribution in [0.1, 0.15) is 18.1 Å². The largest absolute Gasteiger partial charge is 0.493 e. The van der Waals surface area contributed by atoms with Crippen LogP contribution in [0.5, 0.6) is 11.5 Å². The topological polar surface area (TPSA) is 59.6 Å². The summed E-state index contributed by atoms with van der Waals surface area (Å²) in [6.45, 7) is 2.27. The molecule has 0 unspecified atom stereocenters. The Balaban J connectivity index is 1.69. The fraction of sp³-hybridized carbons (Fsp3) is 0.174. The minimum Gasteiger partial charge on any atom is -0.493 e. The average Bonchev–Trinajstić information content (AvgIpc) is 2.73. The van der Waals surface area contributed by atoms with Crippen molar-refractivity contribution in [2.45, 2.75) is 20.1 Å². The number of halogens is 3. The first-order valence-corrected chi connectivity index (χ1v) is 11.0. The Morgan fingerprint density at radius 2 is 1.68 bits per heavy atom. The average molecular weight is 524 g/mol. The van der Waals surface area contributed by atoms with Gasteiger partial charge in [-0.15, -0.1) is 0 Å². The molecule has 1 amide bonds. The van der Waals surface area contributed by atoms with E-state index in [-0.39, 0.29) is 12.5 Å². The first-order chi connectivity index (χ1) is 14.9. The molecule has 8 heteroatoms. The van der Waals surface area contributed by atoms with E-state index >= 15 is 0 Å². The number of carbonyl (C=O) groups is 1. The molecule has 0 aliphatic carbocycles. The molecule has 3 aromatic carbocycles. The molecule has 0 radical (unpaired) electrons. The number of nitrogens with one attached hydrogen (secondary N) is 2. The van der Waals surface area contributed by atoms with Gasteiger partial charge in [0.15, 0.2) is 11.5 Å². The van der Waals surface area contributed by atoms with E-state index in [9.17, 15) is 4.79 Å². The van der Waals surface area contributed by atoms with Crippen LogP contribution in [0.2, 0.25) is 10.0 Å². The van der Waals surface area contributed by atoms with E-state index in [2.05, 4.69) is 26.6 Å². The number of carbonyl (C=O) groups excluding carboxylic acids is 1. The summed E-state index contributed by atoms with van der Waals surface area (Å²) >= 11 is 16.0. The van der Waals surface area contributed by atoms with E-state index < -0.39 is 0 Å². The molecule has 0 saturated heterocycles. The van der Waals surface area contributed by atoms with Crippen LogP contribution in [0.4, 0.5) is 11.4 Å². The van der Waals surface area contributed by atoms with Crippen molar-refractivity contribution < 1.29 is 14.3 Å². The molecular formula is C23H21BrCl2N2O3. The second kappa shape index (κ2) is 10.8. The number of hydrogen-bond donors (Lipinski definition) is 2. The molecule has 162 valence electrons. The Hall–Kier alpha value is -2.41. The van der Waals surface area contributed by atoms with Gasteiger partial charge in [0.2, 0.25) is 5.91 Å². The Bertz CT molecular complexity index is 1050. The summed E-state index contributed by atoms with van der Waals surface area (Å²) in [5.41, 5.74) is 3.39. The molecule has 0 saturated carbocycles. The fourth-order valence-corrected chi connectivity index (χ4v) is 4.02. The lowest BCUT2D eigenvalue weighted by atomic mass is 10.2. The van der Waals surface area contributed by atoms with E-state index in [1.54, 1.807) is 25.3 Å². The second-order valence-corrected chi connectivity index (χ2v) is 8.38. The monoisotopic (exact) mass is 522 g/mol. The minimum atomic E-state index is -0.100. The zero-order chi connectivity index (χ0) is 22.4.